The molecule has 0 aliphatic carbocycles. The molecule has 10 heteroatoms. The number of nitrogens with zero attached hydrogens (tertiary/aromatic N) is 4. The minimum absolute atomic E-state index is 0.0929. The van der Waals surface area contributed by atoms with Gasteiger partial charge in [0.05, 0.1) is 32.2 Å². The number of carbonyl (C=O) groups is 1. The molecule has 0 spiro atoms. The molecule has 0 radical (unpaired) electrons. The van der Waals surface area contributed by atoms with E-state index in [0.717, 1.165) is 17.1 Å². The number of anilines is 1. The fourth-order valence-electron chi connectivity index (χ4n) is 3.48. The van der Waals surface area contributed by atoms with Crippen LogP contribution in [0.3, 0.4) is 0 Å². The van der Waals surface area contributed by atoms with Crippen LogP contribution in [0.5, 0.6) is 11.5 Å². The van der Waals surface area contributed by atoms with E-state index >= 15 is 0 Å². The molecule has 0 fully saturated rings. The molecule has 0 bridgehead atoms. The van der Waals surface area contributed by atoms with E-state index < -0.39 is 0 Å². The van der Waals surface area contributed by atoms with Crippen molar-refractivity contribution in [3.8, 4) is 11.5 Å². The molecule has 182 valence electrons. The molecule has 1 N–H and O–H groups in total. The third-order valence-electron chi connectivity index (χ3n) is 5.24. The number of aromatic nitrogens is 4. The second-order valence-corrected chi connectivity index (χ2v) is 8.59. The van der Waals surface area contributed by atoms with E-state index in [1.54, 1.807) is 46.8 Å². The van der Waals surface area contributed by atoms with Crippen LogP contribution in [0.15, 0.2) is 64.7 Å². The summed E-state index contributed by atoms with van der Waals surface area (Å²) in [5.41, 5.74) is 2.15. The first kappa shape index (κ1) is 24.3. The van der Waals surface area contributed by atoms with Crippen molar-refractivity contribution in [3.63, 3.8) is 0 Å². The van der Waals surface area contributed by atoms with Gasteiger partial charge in [-0.25, -0.2) is 4.98 Å². The number of hydrogen-bond acceptors (Lipinski definition) is 7. The van der Waals surface area contributed by atoms with E-state index in [4.69, 9.17) is 9.47 Å². The van der Waals surface area contributed by atoms with Gasteiger partial charge in [-0.2, -0.15) is 5.10 Å². The highest BCUT2D eigenvalue weighted by molar-refractivity contribution is 7.99. The Kier molecular flexibility index (Phi) is 7.71. The Balaban J connectivity index is 1.56. The molecule has 35 heavy (non-hydrogen) atoms. The summed E-state index contributed by atoms with van der Waals surface area (Å²) >= 11 is 1.21. The number of thioether (sulfide) groups is 1. The van der Waals surface area contributed by atoms with Crippen LogP contribution in [-0.4, -0.2) is 44.7 Å². The predicted molar refractivity (Wildman–Crippen MR) is 137 cm³/mol. The summed E-state index contributed by atoms with van der Waals surface area (Å²) in [6, 6.07) is 14.7. The molecule has 4 rings (SSSR count). The van der Waals surface area contributed by atoms with Gasteiger partial charge in [-0.1, -0.05) is 23.9 Å². The maximum atomic E-state index is 13.3. The molecule has 0 saturated carbocycles. The molecular weight excluding hydrogens is 466 g/mol. The molecule has 0 aliphatic rings. The zero-order valence-electron chi connectivity index (χ0n) is 19.9. The van der Waals surface area contributed by atoms with Crippen molar-refractivity contribution in [2.24, 2.45) is 0 Å². The maximum Gasteiger partial charge on any atom is 0.282 e. The Labute approximate surface area is 207 Å². The number of benzene rings is 2. The zero-order chi connectivity index (χ0) is 24.8. The van der Waals surface area contributed by atoms with Crippen LogP contribution < -0.4 is 20.3 Å². The summed E-state index contributed by atoms with van der Waals surface area (Å²) in [6.07, 6.45) is 1.75. The average Bonchev–Trinajstić information content (AvgIpc) is 3.30. The lowest BCUT2D eigenvalue weighted by Crippen LogP contribution is -2.25. The van der Waals surface area contributed by atoms with Crippen molar-refractivity contribution >= 4 is 34.4 Å². The largest absolute Gasteiger partial charge is 0.497 e. The molecule has 1 amide bonds. The number of nitrogens with one attached hydrogen (secondary N) is 1. The van der Waals surface area contributed by atoms with Crippen LogP contribution in [0, 0.1) is 0 Å². The summed E-state index contributed by atoms with van der Waals surface area (Å²) in [5, 5.41) is 7.70. The first-order valence-corrected chi connectivity index (χ1v) is 12.3. The second-order valence-electron chi connectivity index (χ2n) is 7.65. The van der Waals surface area contributed by atoms with Gasteiger partial charge in [-0.05, 0) is 55.8 Å². The fraction of sp³-hybridized carbons (Fsp3) is 0.280. The number of rotatable bonds is 10. The van der Waals surface area contributed by atoms with E-state index in [0.29, 0.717) is 41.6 Å². The van der Waals surface area contributed by atoms with Gasteiger partial charge < -0.3 is 14.8 Å². The van der Waals surface area contributed by atoms with Gasteiger partial charge in [0.15, 0.2) is 10.7 Å². The van der Waals surface area contributed by atoms with Gasteiger partial charge in [-0.3, -0.25) is 18.8 Å². The average molecular weight is 494 g/mol. The molecule has 2 aromatic heterocycles. The maximum absolute atomic E-state index is 13.3. The second kappa shape index (κ2) is 11.1. The molecule has 2 aromatic carbocycles. The van der Waals surface area contributed by atoms with Crippen molar-refractivity contribution in [1.29, 1.82) is 0 Å². The first-order valence-electron chi connectivity index (χ1n) is 11.3. The Morgan fingerprint density at radius 3 is 2.43 bits per heavy atom. The molecule has 0 aliphatic heterocycles. The molecule has 4 aromatic rings. The third kappa shape index (κ3) is 5.83. The smallest absolute Gasteiger partial charge is 0.282 e. The van der Waals surface area contributed by atoms with Crippen LogP contribution in [-0.2, 0) is 17.9 Å². The van der Waals surface area contributed by atoms with Gasteiger partial charge in [0.25, 0.3) is 5.56 Å². The number of ether oxygens (including phenoxy) is 2. The Morgan fingerprint density at radius 2 is 1.77 bits per heavy atom. The van der Waals surface area contributed by atoms with Crippen LogP contribution in [0.4, 0.5) is 5.69 Å². The number of aryl methyl sites for hydroxylation is 1. The summed E-state index contributed by atoms with van der Waals surface area (Å²) in [6.45, 7) is 5.37. The van der Waals surface area contributed by atoms with E-state index in [2.05, 4.69) is 15.4 Å². The number of methoxy groups -OCH3 is 1. The van der Waals surface area contributed by atoms with Crippen LogP contribution in [0.25, 0.3) is 11.0 Å². The molecule has 2 heterocycles. The molecule has 0 saturated heterocycles. The van der Waals surface area contributed by atoms with E-state index in [9.17, 15) is 9.59 Å². The third-order valence-corrected chi connectivity index (χ3v) is 6.22. The van der Waals surface area contributed by atoms with Crippen molar-refractivity contribution in [2.45, 2.75) is 32.1 Å². The van der Waals surface area contributed by atoms with Crippen molar-refractivity contribution in [1.82, 2.24) is 19.3 Å². The molecule has 0 unspecified atom stereocenters. The van der Waals surface area contributed by atoms with Gasteiger partial charge in [0.1, 0.15) is 17.0 Å². The topological polar surface area (TPSA) is 100 Å². The number of amides is 1. The van der Waals surface area contributed by atoms with E-state index in [-0.39, 0.29) is 17.2 Å². The highest BCUT2D eigenvalue weighted by atomic mass is 32.2. The SMILES string of the molecule is CCOc1ccc(NC(=O)CSc2nc3cn(CC)nc3c(=O)n2Cc2ccc(OC)cc2)cc1. The summed E-state index contributed by atoms with van der Waals surface area (Å²) in [4.78, 5) is 30.6. The highest BCUT2D eigenvalue weighted by Gasteiger charge is 2.16. The quantitative estimate of drug-likeness (QED) is 0.265. The van der Waals surface area contributed by atoms with Crippen LogP contribution in [0.1, 0.15) is 19.4 Å². The molecule has 0 atom stereocenters. The Bertz CT molecular complexity index is 1360. The lowest BCUT2D eigenvalue weighted by molar-refractivity contribution is -0.113. The summed E-state index contributed by atoms with van der Waals surface area (Å²) in [7, 11) is 1.61. The van der Waals surface area contributed by atoms with Crippen LogP contribution >= 0.6 is 11.8 Å². The predicted octanol–water partition coefficient (Wildman–Crippen LogP) is 3.80. The lowest BCUT2D eigenvalue weighted by Gasteiger charge is -2.12. The highest BCUT2D eigenvalue weighted by Crippen LogP contribution is 2.21. The van der Waals surface area contributed by atoms with E-state index in [1.807, 2.05) is 38.1 Å². The van der Waals surface area contributed by atoms with Gasteiger partial charge in [-0.15, -0.1) is 0 Å². The van der Waals surface area contributed by atoms with Gasteiger partial charge in [0, 0.05) is 12.2 Å². The van der Waals surface area contributed by atoms with E-state index in [1.165, 1.54) is 11.8 Å². The molecule has 9 nitrogen and oxygen atoms in total. The Hall–Kier alpha value is -3.79. The monoisotopic (exact) mass is 493 g/mol. The number of fused-ring (bicyclic) bond motifs is 1. The molecular formula is C25H27N5O4S. The first-order chi connectivity index (χ1) is 17.0. The normalized spacial score (nSPS) is 10.9. The Morgan fingerprint density at radius 1 is 1.06 bits per heavy atom. The summed E-state index contributed by atoms with van der Waals surface area (Å²) in [5.74, 6) is 1.37. The number of carbonyl (C=O) groups excluding carboxylic acids is 1. The lowest BCUT2D eigenvalue weighted by atomic mass is 10.2. The van der Waals surface area contributed by atoms with Crippen molar-refractivity contribution in [2.75, 3.05) is 24.8 Å². The van der Waals surface area contributed by atoms with Crippen molar-refractivity contribution in [3.05, 3.63) is 70.6 Å². The standard InChI is InChI=1S/C25H27N5O4S/c1-4-29-15-21-23(28-29)24(32)30(14-17-6-10-19(33-3)11-7-17)25(27-21)35-16-22(31)26-18-8-12-20(13-9-18)34-5-2/h6-13,15H,4-5,14,16H2,1-3H3,(H,26,31). The van der Waals surface area contributed by atoms with Crippen LogP contribution in [0.2, 0.25) is 0 Å². The summed E-state index contributed by atoms with van der Waals surface area (Å²) < 4.78 is 13.9. The fourth-order valence-corrected chi connectivity index (χ4v) is 4.28. The minimum Gasteiger partial charge on any atom is -0.497 e. The van der Waals surface area contributed by atoms with Crippen molar-refractivity contribution < 1.29 is 14.3 Å². The number of hydrogen-bond donors (Lipinski definition) is 1. The zero-order valence-corrected chi connectivity index (χ0v) is 20.7. The minimum atomic E-state index is -0.243. The van der Waals surface area contributed by atoms with Gasteiger partial charge in [0.2, 0.25) is 5.91 Å². The van der Waals surface area contributed by atoms with Gasteiger partial charge >= 0.3 is 0 Å².